The molecule has 1 fully saturated rings. The Kier molecular flexibility index (Phi) is 5.88. The monoisotopic (exact) mass is 369 g/mol. The average molecular weight is 369 g/mol. The standard InChI is InChI=1S/C17H27N3O4S/c1-16(2,3)20-25(22,23)14-7-5-6-13(12-14)19-15(21)17(24-4)8-10-18-11-9-17/h5-7,12,18,20H,8-11H2,1-4H3,(H,19,21). The quantitative estimate of drug-likeness (QED) is 0.730. The molecule has 1 amide bonds. The third-order valence-corrected chi connectivity index (χ3v) is 5.81. The van der Waals surface area contributed by atoms with E-state index in [1.54, 1.807) is 32.9 Å². The number of benzene rings is 1. The van der Waals surface area contributed by atoms with Gasteiger partial charge in [0.1, 0.15) is 5.60 Å². The predicted molar refractivity (Wildman–Crippen MR) is 97.0 cm³/mol. The number of carbonyl (C=O) groups is 1. The molecule has 1 aliphatic heterocycles. The van der Waals surface area contributed by atoms with E-state index < -0.39 is 21.2 Å². The number of piperidine rings is 1. The zero-order chi connectivity index (χ0) is 18.7. The maximum absolute atomic E-state index is 12.7. The fourth-order valence-corrected chi connectivity index (χ4v) is 4.27. The first-order valence-corrected chi connectivity index (χ1v) is 9.78. The highest BCUT2D eigenvalue weighted by Crippen LogP contribution is 2.25. The van der Waals surface area contributed by atoms with Crippen molar-refractivity contribution in [2.24, 2.45) is 0 Å². The first kappa shape index (κ1) is 19.8. The van der Waals surface area contributed by atoms with E-state index in [1.165, 1.54) is 19.2 Å². The van der Waals surface area contributed by atoms with E-state index in [9.17, 15) is 13.2 Å². The highest BCUT2D eigenvalue weighted by atomic mass is 32.2. The molecule has 1 saturated heterocycles. The van der Waals surface area contributed by atoms with Gasteiger partial charge in [0.15, 0.2) is 0 Å². The smallest absolute Gasteiger partial charge is 0.256 e. The summed E-state index contributed by atoms with van der Waals surface area (Å²) in [5.74, 6) is -0.255. The summed E-state index contributed by atoms with van der Waals surface area (Å²) < 4.78 is 33.0. The van der Waals surface area contributed by atoms with Gasteiger partial charge in [-0.3, -0.25) is 4.79 Å². The van der Waals surface area contributed by atoms with Crippen LogP contribution < -0.4 is 15.4 Å². The lowest BCUT2D eigenvalue weighted by atomic mass is 9.91. The van der Waals surface area contributed by atoms with Crippen molar-refractivity contribution in [3.05, 3.63) is 24.3 Å². The number of sulfonamides is 1. The second-order valence-electron chi connectivity index (χ2n) is 7.29. The molecule has 2 rings (SSSR count). The summed E-state index contributed by atoms with van der Waals surface area (Å²) in [6.45, 7) is 6.72. The lowest BCUT2D eigenvalue weighted by Crippen LogP contribution is -2.51. The van der Waals surface area contributed by atoms with E-state index >= 15 is 0 Å². The van der Waals surface area contributed by atoms with Crippen LogP contribution in [0.3, 0.4) is 0 Å². The lowest BCUT2D eigenvalue weighted by molar-refractivity contribution is -0.140. The molecule has 1 aromatic carbocycles. The molecular weight excluding hydrogens is 342 g/mol. The molecule has 3 N–H and O–H groups in total. The van der Waals surface area contributed by atoms with Crippen LogP contribution in [-0.2, 0) is 19.6 Å². The topological polar surface area (TPSA) is 96.5 Å². The molecule has 1 heterocycles. The van der Waals surface area contributed by atoms with Crippen molar-refractivity contribution in [1.82, 2.24) is 10.0 Å². The minimum atomic E-state index is -3.66. The van der Waals surface area contributed by atoms with Gasteiger partial charge in [-0.25, -0.2) is 13.1 Å². The van der Waals surface area contributed by atoms with Gasteiger partial charge in [-0.1, -0.05) is 6.07 Å². The van der Waals surface area contributed by atoms with Crippen molar-refractivity contribution in [2.45, 2.75) is 49.6 Å². The summed E-state index contributed by atoms with van der Waals surface area (Å²) in [6, 6.07) is 6.23. The molecule has 1 aromatic rings. The van der Waals surface area contributed by atoms with Gasteiger partial charge in [-0.15, -0.1) is 0 Å². The number of methoxy groups -OCH3 is 1. The van der Waals surface area contributed by atoms with Gasteiger partial charge in [0.2, 0.25) is 10.0 Å². The van der Waals surface area contributed by atoms with E-state index in [4.69, 9.17) is 4.74 Å². The van der Waals surface area contributed by atoms with Gasteiger partial charge >= 0.3 is 0 Å². The summed E-state index contributed by atoms with van der Waals surface area (Å²) in [6.07, 6.45) is 1.14. The van der Waals surface area contributed by atoms with Crippen LogP contribution >= 0.6 is 0 Å². The van der Waals surface area contributed by atoms with E-state index in [1.807, 2.05) is 0 Å². The zero-order valence-electron chi connectivity index (χ0n) is 15.2. The molecule has 0 spiro atoms. The number of ether oxygens (including phenoxy) is 1. The van der Waals surface area contributed by atoms with Gasteiger partial charge < -0.3 is 15.4 Å². The number of amides is 1. The number of anilines is 1. The first-order chi connectivity index (χ1) is 11.6. The number of hydrogen-bond donors (Lipinski definition) is 3. The SMILES string of the molecule is COC1(C(=O)Nc2cccc(S(=O)(=O)NC(C)(C)C)c2)CCNCC1. The predicted octanol–water partition coefficient (Wildman–Crippen LogP) is 1.47. The highest BCUT2D eigenvalue weighted by Gasteiger charge is 2.39. The third-order valence-electron chi connectivity index (χ3n) is 4.06. The summed E-state index contributed by atoms with van der Waals surface area (Å²) in [5, 5.41) is 5.99. The fraction of sp³-hybridized carbons (Fsp3) is 0.588. The Labute approximate surface area is 149 Å². The summed E-state index contributed by atoms with van der Waals surface area (Å²) >= 11 is 0. The molecule has 7 nitrogen and oxygen atoms in total. The van der Waals surface area contributed by atoms with Gasteiger partial charge in [0.25, 0.3) is 5.91 Å². The van der Waals surface area contributed by atoms with Crippen molar-refractivity contribution in [2.75, 3.05) is 25.5 Å². The van der Waals surface area contributed by atoms with E-state index in [2.05, 4.69) is 15.4 Å². The summed E-state index contributed by atoms with van der Waals surface area (Å²) in [5.41, 5.74) is -1.05. The molecule has 1 aliphatic rings. The minimum absolute atomic E-state index is 0.108. The van der Waals surface area contributed by atoms with E-state index in [0.29, 0.717) is 31.6 Å². The Morgan fingerprint density at radius 1 is 1.24 bits per heavy atom. The van der Waals surface area contributed by atoms with Crippen molar-refractivity contribution in [3.8, 4) is 0 Å². The number of hydrogen-bond acceptors (Lipinski definition) is 5. The van der Waals surface area contributed by atoms with E-state index in [-0.39, 0.29) is 10.8 Å². The van der Waals surface area contributed by atoms with Crippen molar-refractivity contribution in [3.63, 3.8) is 0 Å². The maximum Gasteiger partial charge on any atom is 0.256 e. The van der Waals surface area contributed by atoms with Crippen LogP contribution in [0.1, 0.15) is 33.6 Å². The molecule has 140 valence electrons. The number of rotatable bonds is 5. The van der Waals surface area contributed by atoms with Crippen LogP contribution in [0, 0.1) is 0 Å². The van der Waals surface area contributed by atoms with Crippen LogP contribution in [0.15, 0.2) is 29.2 Å². The van der Waals surface area contributed by atoms with Crippen LogP contribution in [0.25, 0.3) is 0 Å². The molecule has 0 saturated carbocycles. The second-order valence-corrected chi connectivity index (χ2v) is 8.97. The van der Waals surface area contributed by atoms with Gasteiger partial charge in [0, 0.05) is 18.3 Å². The third kappa shape index (κ3) is 5.01. The Morgan fingerprint density at radius 3 is 2.44 bits per heavy atom. The van der Waals surface area contributed by atoms with Crippen molar-refractivity contribution in [1.29, 1.82) is 0 Å². The molecule has 0 radical (unpaired) electrons. The Balaban J connectivity index is 2.20. The minimum Gasteiger partial charge on any atom is -0.368 e. The molecule has 0 aromatic heterocycles. The Morgan fingerprint density at radius 2 is 1.88 bits per heavy atom. The van der Waals surface area contributed by atoms with Crippen molar-refractivity contribution < 1.29 is 17.9 Å². The normalized spacial score (nSPS) is 17.9. The average Bonchev–Trinajstić information content (AvgIpc) is 2.53. The zero-order valence-corrected chi connectivity index (χ0v) is 16.0. The van der Waals surface area contributed by atoms with E-state index in [0.717, 1.165) is 0 Å². The number of carbonyl (C=O) groups excluding carboxylic acids is 1. The molecule has 8 heteroatoms. The molecular formula is C17H27N3O4S. The maximum atomic E-state index is 12.7. The fourth-order valence-electron chi connectivity index (χ4n) is 2.80. The van der Waals surface area contributed by atoms with Gasteiger partial charge in [-0.05, 0) is 64.9 Å². The summed E-state index contributed by atoms with van der Waals surface area (Å²) in [4.78, 5) is 12.8. The first-order valence-electron chi connectivity index (χ1n) is 8.29. The van der Waals surface area contributed by atoms with Crippen LogP contribution in [0.4, 0.5) is 5.69 Å². The molecule has 0 bridgehead atoms. The second kappa shape index (κ2) is 7.41. The number of nitrogens with one attached hydrogen (secondary N) is 3. The molecule has 25 heavy (non-hydrogen) atoms. The van der Waals surface area contributed by atoms with Gasteiger partial charge in [-0.2, -0.15) is 0 Å². The molecule has 0 unspecified atom stereocenters. The van der Waals surface area contributed by atoms with Crippen LogP contribution in [0.2, 0.25) is 0 Å². The summed E-state index contributed by atoms with van der Waals surface area (Å²) in [7, 11) is -2.14. The molecule has 0 atom stereocenters. The Hall–Kier alpha value is -1.48. The highest BCUT2D eigenvalue weighted by molar-refractivity contribution is 7.89. The van der Waals surface area contributed by atoms with Crippen molar-refractivity contribution >= 4 is 21.6 Å². The van der Waals surface area contributed by atoms with Gasteiger partial charge in [0.05, 0.1) is 4.90 Å². The Bertz CT molecular complexity index is 720. The van der Waals surface area contributed by atoms with Crippen LogP contribution in [0.5, 0.6) is 0 Å². The largest absolute Gasteiger partial charge is 0.368 e. The lowest BCUT2D eigenvalue weighted by Gasteiger charge is -2.34. The van der Waals surface area contributed by atoms with Crippen LogP contribution in [-0.4, -0.2) is 45.7 Å². The molecule has 0 aliphatic carbocycles.